The third-order valence-corrected chi connectivity index (χ3v) is 18.2. The molecule has 59 heavy (non-hydrogen) atoms. The van der Waals surface area contributed by atoms with Gasteiger partial charge in [0.05, 0.1) is 12.1 Å². The topological polar surface area (TPSA) is 85.7 Å². The normalized spacial score (nSPS) is 18.6. The van der Waals surface area contributed by atoms with Crippen LogP contribution in [-0.4, -0.2) is 77.6 Å². The Balaban J connectivity index is 1.38. The second kappa shape index (κ2) is 17.9. The lowest BCUT2D eigenvalue weighted by Crippen LogP contribution is -2.68. The quantitative estimate of drug-likeness (QED) is 0.127. The first-order valence-electron chi connectivity index (χ1n) is 20.3. The number of aliphatic imine (C=N–C) groups is 1. The standard InChI is InChI=1S/C47H56Cl2N4O4SSi/c1-31(2)40-41(58-44-50-47(8,34-22-26-36(49)27-23-34)42(53(40)44)33-20-24-35(48)25-21-33)43(54)52(32(3)4)29-28-37(30-51(9)45(55)56)57-59(46(5,6)7,38-16-12-10-13-17-38)39-18-14-11-15-19-39/h10-27,31-32,37,42H,28-30H2,1-9H3,(H,55,56)/t37-,42-,47+/m1/s1. The summed E-state index contributed by atoms with van der Waals surface area (Å²) in [5.74, 6) is -0.0920. The molecule has 312 valence electrons. The number of rotatable bonds is 14. The number of amidine groups is 1. The minimum absolute atomic E-state index is 0.0130. The van der Waals surface area contributed by atoms with Gasteiger partial charge >= 0.3 is 6.09 Å². The van der Waals surface area contributed by atoms with E-state index in [1.54, 1.807) is 7.05 Å². The summed E-state index contributed by atoms with van der Waals surface area (Å²) in [5, 5.41) is 14.1. The summed E-state index contributed by atoms with van der Waals surface area (Å²) < 4.78 is 7.53. The van der Waals surface area contributed by atoms with Crippen molar-refractivity contribution in [2.24, 2.45) is 10.9 Å². The highest BCUT2D eigenvalue weighted by Gasteiger charge is 2.54. The van der Waals surface area contributed by atoms with Crippen molar-refractivity contribution in [1.82, 2.24) is 14.7 Å². The van der Waals surface area contributed by atoms with Gasteiger partial charge in [-0.3, -0.25) is 4.79 Å². The first-order chi connectivity index (χ1) is 27.9. The number of halogens is 2. The van der Waals surface area contributed by atoms with Crippen LogP contribution in [-0.2, 0) is 14.8 Å². The molecule has 0 saturated heterocycles. The summed E-state index contributed by atoms with van der Waals surface area (Å²) in [5.41, 5.74) is 2.29. The van der Waals surface area contributed by atoms with Crippen LogP contribution >= 0.6 is 35.0 Å². The molecule has 0 aliphatic carbocycles. The Labute approximate surface area is 365 Å². The molecule has 0 radical (unpaired) electrons. The first-order valence-corrected chi connectivity index (χ1v) is 23.7. The van der Waals surface area contributed by atoms with E-state index in [1.807, 2.05) is 104 Å². The van der Waals surface area contributed by atoms with Crippen LogP contribution in [0.25, 0.3) is 0 Å². The Morgan fingerprint density at radius 2 is 1.41 bits per heavy atom. The van der Waals surface area contributed by atoms with Crippen molar-refractivity contribution < 1.29 is 19.1 Å². The maximum Gasteiger partial charge on any atom is 0.407 e. The molecule has 2 heterocycles. The smallest absolute Gasteiger partial charge is 0.407 e. The fraction of sp³-hybridized carbons (Fsp3) is 0.383. The zero-order chi connectivity index (χ0) is 42.9. The number of carboxylic acid groups (broad SMARTS) is 1. The van der Waals surface area contributed by atoms with Crippen LogP contribution in [0.1, 0.15) is 79.0 Å². The van der Waals surface area contributed by atoms with E-state index in [9.17, 15) is 9.90 Å². The highest BCUT2D eigenvalue weighted by Crippen LogP contribution is 2.56. The Hall–Kier alpha value is -4.06. The molecule has 8 nitrogen and oxygen atoms in total. The maximum absolute atomic E-state index is 15.1. The van der Waals surface area contributed by atoms with Gasteiger partial charge in [-0.2, -0.15) is 0 Å². The Kier molecular flexibility index (Phi) is 13.5. The number of carbonyl (C=O) groups excluding carboxylic acids is 1. The summed E-state index contributed by atoms with van der Waals surface area (Å²) in [6.07, 6.45) is -1.13. The van der Waals surface area contributed by atoms with E-state index >= 15 is 4.79 Å². The van der Waals surface area contributed by atoms with Gasteiger partial charge in [0.25, 0.3) is 14.2 Å². The lowest BCUT2D eigenvalue weighted by Gasteiger charge is -2.46. The lowest BCUT2D eigenvalue weighted by molar-refractivity contribution is -0.128. The SMILES string of the molecule is CC(C)C1=C(C(=O)N(CC[C@H](CN(C)C(=O)O)O[Si](c2ccccc2)(c2ccccc2)C(C)(C)C)C(C)C)SC2=N[C@@](C)(c3ccc(Cl)cc3)[C@@H](c3ccc(Cl)cc3)N21. The van der Waals surface area contributed by atoms with E-state index in [1.165, 1.54) is 16.7 Å². The predicted octanol–water partition coefficient (Wildman–Crippen LogP) is 10.4. The zero-order valence-corrected chi connectivity index (χ0v) is 38.8. The number of hydrogen-bond acceptors (Lipinski definition) is 6. The molecule has 0 spiro atoms. The van der Waals surface area contributed by atoms with Crippen LogP contribution in [0.5, 0.6) is 0 Å². The zero-order valence-electron chi connectivity index (χ0n) is 35.4. The molecule has 4 aromatic carbocycles. The van der Waals surface area contributed by atoms with Gasteiger partial charge in [-0.15, -0.1) is 0 Å². The van der Waals surface area contributed by atoms with Gasteiger partial charge in [0.1, 0.15) is 10.4 Å². The van der Waals surface area contributed by atoms with Crippen molar-refractivity contribution in [3.8, 4) is 0 Å². The number of benzene rings is 4. The summed E-state index contributed by atoms with van der Waals surface area (Å²) in [6, 6.07) is 36.0. The number of nitrogens with zero attached hydrogens (tertiary/aromatic N) is 4. The van der Waals surface area contributed by atoms with Crippen LogP contribution in [0.3, 0.4) is 0 Å². The predicted molar refractivity (Wildman–Crippen MR) is 246 cm³/mol. The molecule has 0 unspecified atom stereocenters. The Bertz CT molecular complexity index is 2140. The van der Waals surface area contributed by atoms with Crippen molar-refractivity contribution in [3.05, 3.63) is 141 Å². The minimum Gasteiger partial charge on any atom is -0.465 e. The molecule has 3 atom stereocenters. The van der Waals surface area contributed by atoms with Crippen molar-refractivity contribution >= 4 is 70.8 Å². The average molecular weight is 872 g/mol. The molecule has 6 rings (SSSR count). The van der Waals surface area contributed by atoms with Crippen molar-refractivity contribution in [2.75, 3.05) is 20.1 Å². The molecule has 0 bridgehead atoms. The van der Waals surface area contributed by atoms with E-state index in [4.69, 9.17) is 32.6 Å². The summed E-state index contributed by atoms with van der Waals surface area (Å²) >= 11 is 14.2. The number of amides is 2. The highest BCUT2D eigenvalue weighted by atomic mass is 35.5. The molecule has 2 aliphatic heterocycles. The highest BCUT2D eigenvalue weighted by molar-refractivity contribution is 8.18. The molecule has 2 aliphatic rings. The molecule has 12 heteroatoms. The number of allylic oxidation sites excluding steroid dienone is 1. The van der Waals surface area contributed by atoms with Gasteiger partial charge in [-0.25, -0.2) is 9.79 Å². The molecule has 0 fully saturated rings. The van der Waals surface area contributed by atoms with Crippen molar-refractivity contribution in [1.29, 1.82) is 0 Å². The van der Waals surface area contributed by atoms with E-state index in [-0.39, 0.29) is 35.5 Å². The van der Waals surface area contributed by atoms with Crippen LogP contribution in [0.4, 0.5) is 4.79 Å². The summed E-state index contributed by atoms with van der Waals surface area (Å²) in [7, 11) is -1.49. The first kappa shape index (κ1) is 44.5. The molecular formula is C47H56Cl2N4O4SSi. The number of thioether (sulfide) groups is 1. The lowest BCUT2D eigenvalue weighted by atomic mass is 9.81. The second-order valence-corrected chi connectivity index (χ2v) is 23.4. The van der Waals surface area contributed by atoms with Gasteiger partial charge in [0, 0.05) is 41.9 Å². The molecular weight excluding hydrogens is 816 g/mol. The monoisotopic (exact) mass is 870 g/mol. The van der Waals surface area contributed by atoms with E-state index < -0.39 is 26.1 Å². The van der Waals surface area contributed by atoms with Crippen LogP contribution in [0.2, 0.25) is 15.1 Å². The second-order valence-electron chi connectivity index (χ2n) is 17.3. The molecule has 2 amide bonds. The van der Waals surface area contributed by atoms with Crippen molar-refractivity contribution in [2.45, 2.75) is 90.6 Å². The van der Waals surface area contributed by atoms with Gasteiger partial charge in [0.2, 0.25) is 0 Å². The number of fused-ring (bicyclic) bond motifs is 1. The number of likely N-dealkylation sites (N-methyl/N-ethyl adjacent to an activating group) is 1. The number of hydrogen-bond donors (Lipinski definition) is 1. The Morgan fingerprint density at radius 1 is 0.881 bits per heavy atom. The van der Waals surface area contributed by atoms with E-state index in [2.05, 4.69) is 70.7 Å². The van der Waals surface area contributed by atoms with Crippen LogP contribution in [0.15, 0.2) is 125 Å². The Morgan fingerprint density at radius 3 is 1.88 bits per heavy atom. The summed E-state index contributed by atoms with van der Waals surface area (Å²) in [4.78, 5) is 39.0. The third kappa shape index (κ3) is 8.89. The third-order valence-electron chi connectivity index (χ3n) is 11.5. The van der Waals surface area contributed by atoms with Crippen molar-refractivity contribution in [3.63, 3.8) is 0 Å². The maximum atomic E-state index is 15.1. The van der Waals surface area contributed by atoms with Gasteiger partial charge in [-0.1, -0.05) is 143 Å². The van der Waals surface area contributed by atoms with E-state index in [0.29, 0.717) is 27.9 Å². The fourth-order valence-corrected chi connectivity index (χ4v) is 14.9. The largest absolute Gasteiger partial charge is 0.465 e. The average Bonchev–Trinajstić information content (AvgIpc) is 3.70. The van der Waals surface area contributed by atoms with E-state index in [0.717, 1.165) is 32.4 Å². The molecule has 0 saturated carbocycles. The molecule has 4 aromatic rings. The van der Waals surface area contributed by atoms with Gasteiger partial charge < -0.3 is 24.2 Å². The molecule has 0 aromatic heterocycles. The molecule has 1 N–H and O–H groups in total. The van der Waals surface area contributed by atoms with Crippen LogP contribution < -0.4 is 10.4 Å². The number of carbonyl (C=O) groups is 2. The van der Waals surface area contributed by atoms with Crippen LogP contribution in [0, 0.1) is 5.92 Å². The van der Waals surface area contributed by atoms with Gasteiger partial charge in [-0.05, 0) is 95.7 Å². The fourth-order valence-electron chi connectivity index (χ4n) is 8.58. The van der Waals surface area contributed by atoms with Gasteiger partial charge in [0.15, 0.2) is 5.17 Å². The minimum atomic E-state index is -3.07. The summed E-state index contributed by atoms with van der Waals surface area (Å²) in [6.45, 7) is 17.6.